The van der Waals surface area contributed by atoms with E-state index in [0.29, 0.717) is 41.8 Å². The number of ketones is 1. The van der Waals surface area contributed by atoms with Crippen molar-refractivity contribution in [3.8, 4) is 0 Å². The predicted molar refractivity (Wildman–Crippen MR) is 166 cm³/mol. The fraction of sp³-hybridized carbons (Fsp3) is 0.371. The van der Waals surface area contributed by atoms with Crippen LogP contribution in [-0.4, -0.2) is 70.0 Å². The van der Waals surface area contributed by atoms with Crippen molar-refractivity contribution in [1.82, 2.24) is 24.6 Å². The molecule has 2 aromatic heterocycles. The van der Waals surface area contributed by atoms with Crippen LogP contribution >= 0.6 is 0 Å². The summed E-state index contributed by atoms with van der Waals surface area (Å²) in [6.07, 6.45) is 0.818. The van der Waals surface area contributed by atoms with Gasteiger partial charge in [0.25, 0.3) is 5.91 Å². The van der Waals surface area contributed by atoms with Gasteiger partial charge in [-0.15, -0.1) is 0 Å². The van der Waals surface area contributed by atoms with Crippen LogP contribution in [0.15, 0.2) is 72.1 Å². The summed E-state index contributed by atoms with van der Waals surface area (Å²) in [7, 11) is 3.81. The molecule has 0 aliphatic carbocycles. The molecule has 1 atom stereocenters. The lowest BCUT2D eigenvalue weighted by Crippen LogP contribution is -2.38. The second-order valence-corrected chi connectivity index (χ2v) is 12.6. The van der Waals surface area contributed by atoms with Crippen molar-refractivity contribution in [2.24, 2.45) is 5.92 Å². The molecule has 1 saturated heterocycles. The minimum Gasteiger partial charge on any atom is -0.340 e. The number of Topliss-reactive ketones (excluding diaryl/α,β-unsaturated/α-hetero) is 1. The zero-order valence-electron chi connectivity index (χ0n) is 25.9. The summed E-state index contributed by atoms with van der Waals surface area (Å²) >= 11 is 0. The van der Waals surface area contributed by atoms with E-state index in [9.17, 15) is 27.2 Å². The molecule has 11 heteroatoms. The SMILES string of the molecule is CC1=C(C(=O)Cc2ccc3cnccc3c2)C(c2ccc(C(F)(F)F)c(F)c2)n2nc(C(=O)N(C)CC3CCN(C)CC3)cc2C1. The molecule has 4 heterocycles. The highest BCUT2D eigenvalue weighted by atomic mass is 19.4. The lowest BCUT2D eigenvalue weighted by atomic mass is 9.85. The molecule has 1 unspecified atom stereocenters. The van der Waals surface area contributed by atoms with Gasteiger partial charge in [-0.3, -0.25) is 19.3 Å². The fourth-order valence-corrected chi connectivity index (χ4v) is 6.68. The summed E-state index contributed by atoms with van der Waals surface area (Å²) in [6.45, 7) is 4.30. The van der Waals surface area contributed by atoms with Gasteiger partial charge in [-0.25, -0.2) is 4.39 Å². The van der Waals surface area contributed by atoms with Gasteiger partial charge in [-0.1, -0.05) is 29.8 Å². The number of pyridine rings is 1. The van der Waals surface area contributed by atoms with Crippen molar-refractivity contribution in [3.63, 3.8) is 0 Å². The molecular weight excluding hydrogens is 598 g/mol. The lowest BCUT2D eigenvalue weighted by Gasteiger charge is -2.31. The van der Waals surface area contributed by atoms with E-state index in [1.807, 2.05) is 24.3 Å². The molecule has 1 amide bonds. The van der Waals surface area contributed by atoms with Crippen LogP contribution in [0.25, 0.3) is 10.8 Å². The van der Waals surface area contributed by atoms with Crippen molar-refractivity contribution in [1.29, 1.82) is 0 Å². The second-order valence-electron chi connectivity index (χ2n) is 12.6. The molecule has 2 aliphatic rings. The molecule has 7 nitrogen and oxygen atoms in total. The zero-order chi connectivity index (χ0) is 32.7. The van der Waals surface area contributed by atoms with Crippen LogP contribution in [0.3, 0.4) is 0 Å². The standard InChI is InChI=1S/C35H35F4N5O2/c1-21-14-27-18-30(34(46)43(3)20-22-9-12-42(2)13-10-22)41-44(27)33(25-6-7-28(29(36)17-25)35(37,38)39)32(21)31(45)16-23-4-5-26-19-40-11-8-24(26)15-23/h4-8,11,15,17-19,22,33H,9-10,12-14,16,20H2,1-3H3. The third-order valence-electron chi connectivity index (χ3n) is 9.16. The third kappa shape index (κ3) is 6.33. The first-order chi connectivity index (χ1) is 21.9. The van der Waals surface area contributed by atoms with Crippen molar-refractivity contribution >= 4 is 22.5 Å². The van der Waals surface area contributed by atoms with Gasteiger partial charge in [0.2, 0.25) is 0 Å². The molecule has 4 aromatic rings. The van der Waals surface area contributed by atoms with Gasteiger partial charge < -0.3 is 9.80 Å². The number of aromatic nitrogens is 3. The van der Waals surface area contributed by atoms with E-state index in [1.165, 1.54) is 10.7 Å². The Kier molecular flexibility index (Phi) is 8.54. The second kappa shape index (κ2) is 12.4. The van der Waals surface area contributed by atoms with Gasteiger partial charge in [0.15, 0.2) is 11.5 Å². The van der Waals surface area contributed by atoms with E-state index >= 15 is 0 Å². The molecule has 46 heavy (non-hydrogen) atoms. The van der Waals surface area contributed by atoms with Crippen molar-refractivity contribution in [2.45, 2.75) is 44.8 Å². The van der Waals surface area contributed by atoms with Crippen LogP contribution in [0.5, 0.6) is 0 Å². The Morgan fingerprint density at radius 2 is 1.78 bits per heavy atom. The highest BCUT2D eigenvalue weighted by molar-refractivity contribution is 6.00. The molecule has 2 aliphatic heterocycles. The number of alkyl halides is 3. The van der Waals surface area contributed by atoms with Gasteiger partial charge in [-0.05, 0) is 86.6 Å². The van der Waals surface area contributed by atoms with E-state index in [1.54, 1.807) is 37.3 Å². The number of hydrogen-bond acceptors (Lipinski definition) is 5. The third-order valence-corrected chi connectivity index (χ3v) is 9.16. The van der Waals surface area contributed by atoms with Crippen LogP contribution in [0.4, 0.5) is 17.6 Å². The minimum absolute atomic E-state index is 0.0201. The van der Waals surface area contributed by atoms with E-state index in [-0.39, 0.29) is 29.4 Å². The van der Waals surface area contributed by atoms with Gasteiger partial charge in [0.05, 0.1) is 5.56 Å². The Hall–Kier alpha value is -4.38. The summed E-state index contributed by atoms with van der Waals surface area (Å²) in [6, 6.07) is 10.8. The Bertz CT molecular complexity index is 1840. The van der Waals surface area contributed by atoms with Gasteiger partial charge >= 0.3 is 6.18 Å². The number of amides is 1. The number of nitrogens with zero attached hydrogens (tertiary/aromatic N) is 5. The fourth-order valence-electron chi connectivity index (χ4n) is 6.68. The van der Waals surface area contributed by atoms with Crippen molar-refractivity contribution in [3.05, 3.63) is 106 Å². The molecule has 0 bridgehead atoms. The molecule has 1 fully saturated rings. The number of benzene rings is 2. The normalized spacial score (nSPS) is 17.8. The zero-order valence-corrected chi connectivity index (χ0v) is 25.9. The first-order valence-corrected chi connectivity index (χ1v) is 15.3. The average Bonchev–Trinajstić information content (AvgIpc) is 3.43. The Labute approximate surface area is 264 Å². The topological polar surface area (TPSA) is 71.3 Å². The molecule has 0 N–H and O–H groups in total. The minimum atomic E-state index is -4.88. The number of halogens is 4. The number of carbonyl (C=O) groups is 2. The first-order valence-electron chi connectivity index (χ1n) is 15.3. The van der Waals surface area contributed by atoms with Gasteiger partial charge in [0, 0.05) is 55.5 Å². The average molecular weight is 634 g/mol. The number of hydrogen-bond donors (Lipinski definition) is 0. The van der Waals surface area contributed by atoms with Crippen LogP contribution in [0.1, 0.15) is 58.7 Å². The highest BCUT2D eigenvalue weighted by Crippen LogP contribution is 2.39. The maximum atomic E-state index is 15.0. The van der Waals surface area contributed by atoms with Gasteiger partial charge in [0.1, 0.15) is 11.9 Å². The van der Waals surface area contributed by atoms with Crippen LogP contribution in [-0.2, 0) is 23.8 Å². The van der Waals surface area contributed by atoms with Gasteiger partial charge in [-0.2, -0.15) is 18.3 Å². The Morgan fingerprint density at radius 3 is 2.50 bits per heavy atom. The summed E-state index contributed by atoms with van der Waals surface area (Å²) in [5, 5.41) is 6.46. The van der Waals surface area contributed by atoms with E-state index in [0.717, 1.165) is 48.3 Å². The van der Waals surface area contributed by atoms with Crippen LogP contribution < -0.4 is 0 Å². The van der Waals surface area contributed by atoms with Crippen molar-refractivity contribution < 1.29 is 27.2 Å². The van der Waals surface area contributed by atoms with E-state index in [4.69, 9.17) is 0 Å². The number of allylic oxidation sites excluding steroid dienone is 2. The quantitative estimate of drug-likeness (QED) is 0.224. The smallest absolute Gasteiger partial charge is 0.340 e. The maximum absolute atomic E-state index is 15.0. The number of rotatable bonds is 7. The Balaban J connectivity index is 1.35. The predicted octanol–water partition coefficient (Wildman–Crippen LogP) is 6.28. The van der Waals surface area contributed by atoms with E-state index in [2.05, 4.69) is 22.0 Å². The molecule has 0 radical (unpaired) electrons. The van der Waals surface area contributed by atoms with Crippen LogP contribution in [0.2, 0.25) is 0 Å². The first kappa shape index (κ1) is 31.6. The summed E-state index contributed by atoms with van der Waals surface area (Å²) in [4.78, 5) is 35.7. The van der Waals surface area contributed by atoms with Crippen molar-refractivity contribution in [2.75, 3.05) is 33.7 Å². The molecular formula is C35H35F4N5O2. The Morgan fingerprint density at radius 1 is 1.02 bits per heavy atom. The van der Waals surface area contributed by atoms with Crippen LogP contribution in [0, 0.1) is 11.7 Å². The largest absolute Gasteiger partial charge is 0.419 e. The maximum Gasteiger partial charge on any atom is 0.419 e. The summed E-state index contributed by atoms with van der Waals surface area (Å²) in [5.41, 5.74) is 1.30. The monoisotopic (exact) mass is 633 g/mol. The lowest BCUT2D eigenvalue weighted by molar-refractivity contribution is -0.140. The molecule has 6 rings (SSSR count). The highest BCUT2D eigenvalue weighted by Gasteiger charge is 2.38. The molecule has 0 saturated carbocycles. The molecule has 2 aromatic carbocycles. The van der Waals surface area contributed by atoms with E-state index < -0.39 is 23.6 Å². The number of carbonyl (C=O) groups excluding carboxylic acids is 2. The number of fused-ring (bicyclic) bond motifs is 2. The molecule has 240 valence electrons. The summed E-state index contributed by atoms with van der Waals surface area (Å²) < 4.78 is 56.9. The summed E-state index contributed by atoms with van der Waals surface area (Å²) in [5.74, 6) is -1.62. The number of likely N-dealkylation sites (tertiary alicyclic amines) is 1. The number of piperidine rings is 1. The molecule has 0 spiro atoms.